The zero-order valence-electron chi connectivity index (χ0n) is 5.12. The molecule has 42 valence electrons. The molecule has 3 heteroatoms. The first-order chi connectivity index (χ1) is 3.41. The van der Waals surface area contributed by atoms with Crippen LogP contribution in [-0.4, -0.2) is 28.1 Å². The van der Waals surface area contributed by atoms with Crippen LogP contribution in [0.3, 0.4) is 0 Å². The first kappa shape index (κ1) is 6.98. The van der Waals surface area contributed by atoms with Crippen LogP contribution in [0.15, 0.2) is 0 Å². The first-order valence-corrected chi connectivity index (χ1v) is 2.77. The second-order valence-electron chi connectivity index (χ2n) is 1.53. The molecule has 0 amide bonds. The summed E-state index contributed by atoms with van der Waals surface area (Å²) in [6.07, 6.45) is 1.21. The van der Waals surface area contributed by atoms with Crippen molar-refractivity contribution < 1.29 is 0 Å². The number of hydrogen-bond acceptors (Lipinski definition) is 2. The Morgan fingerprint density at radius 3 is 2.71 bits per heavy atom. The van der Waals surface area contributed by atoms with Crippen molar-refractivity contribution in [3.63, 3.8) is 0 Å². The number of rotatable bonds is 4. The summed E-state index contributed by atoms with van der Waals surface area (Å²) in [5.41, 5.74) is 0. The van der Waals surface area contributed by atoms with Gasteiger partial charge in [-0.2, -0.15) is 0 Å². The quantitative estimate of drug-likeness (QED) is 0.263. The Labute approximate surface area is 46.1 Å². The molecule has 2 N–H and O–H groups in total. The van der Waals surface area contributed by atoms with E-state index in [4.69, 9.17) is 0 Å². The Morgan fingerprint density at radius 2 is 2.29 bits per heavy atom. The lowest BCUT2D eigenvalue weighted by Gasteiger charge is -1.97. The van der Waals surface area contributed by atoms with Crippen LogP contribution in [0.4, 0.5) is 0 Å². The van der Waals surface area contributed by atoms with E-state index in [1.54, 1.807) is 0 Å². The largest absolute Gasteiger partial charge is 0.308 e. The van der Waals surface area contributed by atoms with Gasteiger partial charge >= 0.3 is 0 Å². The van der Waals surface area contributed by atoms with Gasteiger partial charge in [0.05, 0.1) is 0 Å². The average molecular weight is 100.0 g/mol. The van der Waals surface area contributed by atoms with E-state index in [-0.39, 0.29) is 0 Å². The molecule has 0 radical (unpaired) electrons. The van der Waals surface area contributed by atoms with E-state index < -0.39 is 0 Å². The second-order valence-corrected chi connectivity index (χ2v) is 1.53. The van der Waals surface area contributed by atoms with Crippen LogP contribution in [0.25, 0.3) is 0 Å². The van der Waals surface area contributed by atoms with Crippen molar-refractivity contribution in [2.24, 2.45) is 0 Å². The van der Waals surface area contributed by atoms with E-state index in [1.165, 1.54) is 6.32 Å². The molecule has 0 aliphatic carbocycles. The van der Waals surface area contributed by atoms with Crippen LogP contribution in [0.2, 0.25) is 6.32 Å². The molecule has 0 aromatic rings. The van der Waals surface area contributed by atoms with Gasteiger partial charge in [0.25, 0.3) is 0 Å². The molecular weight excluding hydrogens is 86.9 g/mol. The molecule has 0 aliphatic heterocycles. The minimum atomic E-state index is 0.924. The molecule has 0 unspecified atom stereocenters. The van der Waals surface area contributed by atoms with Gasteiger partial charge in [-0.1, -0.05) is 6.32 Å². The third kappa shape index (κ3) is 5.98. The molecule has 2 nitrogen and oxygen atoms in total. The highest BCUT2D eigenvalue weighted by Crippen LogP contribution is 1.60. The summed E-state index contributed by atoms with van der Waals surface area (Å²) in [6, 6.07) is 0. The topological polar surface area (TPSA) is 24.1 Å². The van der Waals surface area contributed by atoms with Crippen LogP contribution in [0, 0.1) is 0 Å². The molecule has 7 heavy (non-hydrogen) atoms. The van der Waals surface area contributed by atoms with E-state index in [2.05, 4.69) is 18.5 Å². The van der Waals surface area contributed by atoms with Crippen LogP contribution in [-0.2, 0) is 0 Å². The lowest BCUT2D eigenvalue weighted by atomic mass is 10.1. The van der Waals surface area contributed by atoms with Crippen LogP contribution in [0.5, 0.6) is 0 Å². The summed E-state index contributed by atoms with van der Waals surface area (Å²) in [4.78, 5) is 0. The van der Waals surface area contributed by atoms with E-state index in [1.807, 2.05) is 7.05 Å². The third-order valence-electron chi connectivity index (χ3n) is 0.729. The lowest BCUT2D eigenvalue weighted by Crippen LogP contribution is -2.26. The molecule has 0 aliphatic rings. The third-order valence-corrected chi connectivity index (χ3v) is 0.729. The molecule has 0 fully saturated rings. The molecule has 0 aromatic heterocycles. The molecule has 0 aromatic carbocycles. The van der Waals surface area contributed by atoms with Crippen LogP contribution < -0.4 is 10.6 Å². The molecule has 0 heterocycles. The maximum atomic E-state index is 3.17. The summed E-state index contributed by atoms with van der Waals surface area (Å²) in [7, 11) is 4.09. The second kappa shape index (κ2) is 5.98. The van der Waals surface area contributed by atoms with Crippen molar-refractivity contribution in [3.05, 3.63) is 0 Å². The monoisotopic (exact) mass is 100 g/mol. The fourth-order valence-corrected chi connectivity index (χ4v) is 0.390. The minimum absolute atomic E-state index is 0.924. The Balaban J connectivity index is 2.45. The van der Waals surface area contributed by atoms with Gasteiger partial charge in [0, 0.05) is 6.67 Å². The highest BCUT2D eigenvalue weighted by molar-refractivity contribution is 6.08. The van der Waals surface area contributed by atoms with Crippen molar-refractivity contribution in [1.29, 1.82) is 0 Å². The molecule has 0 rings (SSSR count). The van der Waals surface area contributed by atoms with E-state index in [9.17, 15) is 0 Å². The van der Waals surface area contributed by atoms with Gasteiger partial charge in [-0.15, -0.1) is 0 Å². The summed E-state index contributed by atoms with van der Waals surface area (Å²) in [5, 5.41) is 6.16. The molecule has 0 saturated carbocycles. The summed E-state index contributed by atoms with van der Waals surface area (Å²) < 4.78 is 0. The average Bonchev–Trinajstić information content (AvgIpc) is 1.69. The fourth-order valence-electron chi connectivity index (χ4n) is 0.390. The van der Waals surface area contributed by atoms with Crippen molar-refractivity contribution in [3.8, 4) is 0 Å². The highest BCUT2D eigenvalue weighted by Gasteiger charge is 1.75. The Hall–Kier alpha value is -0.0151. The summed E-state index contributed by atoms with van der Waals surface area (Å²) in [6.45, 7) is 2.04. The van der Waals surface area contributed by atoms with E-state index >= 15 is 0 Å². The maximum Gasteiger partial charge on any atom is 0.102 e. The predicted octanol–water partition coefficient (Wildman–Crippen LogP) is -1.20. The van der Waals surface area contributed by atoms with Crippen molar-refractivity contribution in [2.45, 2.75) is 6.32 Å². The standard InChI is InChI=1S/C4H13BN2/c1-6-4-7-3-2-5/h6-7H,2-5H2,1H3. The Kier molecular flexibility index (Phi) is 5.97. The van der Waals surface area contributed by atoms with Crippen molar-refractivity contribution in [2.75, 3.05) is 20.3 Å². The maximum absolute atomic E-state index is 3.17. The number of nitrogens with one attached hydrogen (secondary N) is 2. The molecule has 0 spiro atoms. The molecule has 0 saturated heterocycles. The normalized spacial score (nSPS) is 9.29. The molecule has 0 bridgehead atoms. The molecular formula is C4H13BN2. The van der Waals surface area contributed by atoms with Gasteiger partial charge in [-0.25, -0.2) is 0 Å². The first-order valence-electron chi connectivity index (χ1n) is 2.77. The predicted molar refractivity (Wildman–Crippen MR) is 35.3 cm³/mol. The van der Waals surface area contributed by atoms with Gasteiger partial charge in [0.15, 0.2) is 0 Å². The van der Waals surface area contributed by atoms with Crippen molar-refractivity contribution >= 4 is 7.85 Å². The van der Waals surface area contributed by atoms with Crippen LogP contribution >= 0.6 is 0 Å². The molecule has 0 atom stereocenters. The summed E-state index contributed by atoms with van der Waals surface area (Å²) in [5.74, 6) is 0. The smallest absolute Gasteiger partial charge is 0.102 e. The van der Waals surface area contributed by atoms with Gasteiger partial charge in [-0.05, 0) is 13.6 Å². The van der Waals surface area contributed by atoms with E-state index in [0.29, 0.717) is 0 Å². The van der Waals surface area contributed by atoms with Crippen LogP contribution in [0.1, 0.15) is 0 Å². The summed E-state index contributed by atoms with van der Waals surface area (Å²) >= 11 is 0. The Morgan fingerprint density at radius 1 is 1.57 bits per heavy atom. The zero-order chi connectivity index (χ0) is 5.54. The highest BCUT2D eigenvalue weighted by atomic mass is 15.0. The SMILES string of the molecule is BCCNCNC. The minimum Gasteiger partial charge on any atom is -0.308 e. The van der Waals surface area contributed by atoms with Gasteiger partial charge in [-0.3, -0.25) is 0 Å². The van der Waals surface area contributed by atoms with Gasteiger partial charge in [0.1, 0.15) is 7.85 Å². The number of hydrogen-bond donors (Lipinski definition) is 2. The van der Waals surface area contributed by atoms with Gasteiger partial charge < -0.3 is 10.6 Å². The van der Waals surface area contributed by atoms with E-state index in [0.717, 1.165) is 13.2 Å². The van der Waals surface area contributed by atoms with Gasteiger partial charge in [0.2, 0.25) is 0 Å². The fraction of sp³-hybridized carbons (Fsp3) is 1.00. The zero-order valence-corrected chi connectivity index (χ0v) is 5.12. The Bertz CT molecular complexity index is 28.9. The van der Waals surface area contributed by atoms with Crippen molar-refractivity contribution in [1.82, 2.24) is 10.6 Å². The lowest BCUT2D eigenvalue weighted by molar-refractivity contribution is 0.655.